The first-order valence-electron chi connectivity index (χ1n) is 5.46. The number of ether oxygens (including phenoxy) is 2. The molecule has 0 atom stereocenters. The second-order valence-corrected chi connectivity index (χ2v) is 6.47. The predicted octanol–water partition coefficient (Wildman–Crippen LogP) is 2.60. The molecule has 0 heterocycles. The van der Waals surface area contributed by atoms with Gasteiger partial charge in [0.25, 0.3) is 9.05 Å². The maximum Gasteiger partial charge on any atom is 0.339 e. The maximum absolute atomic E-state index is 13.4. The summed E-state index contributed by atoms with van der Waals surface area (Å²) in [6.45, 7) is 2.38. The predicted molar refractivity (Wildman–Crippen MR) is 71.2 cm³/mol. The summed E-state index contributed by atoms with van der Waals surface area (Å²) in [5.74, 6) is -2.04. The Hall–Kier alpha value is -0.890. The Morgan fingerprint density at radius 2 is 2.00 bits per heavy atom. The van der Waals surface area contributed by atoms with E-state index in [-0.39, 0.29) is 23.8 Å². The Kier molecular flexibility index (Phi) is 6.19. The lowest BCUT2D eigenvalue weighted by atomic mass is 10.2. The van der Waals surface area contributed by atoms with Crippen molar-refractivity contribution in [2.75, 3.05) is 19.8 Å². The summed E-state index contributed by atoms with van der Waals surface area (Å²) in [5, 5.41) is -0.270. The molecular weight excluding hydrogens is 334 g/mol. The first kappa shape index (κ1) is 17.2. The Morgan fingerprint density at radius 1 is 1.35 bits per heavy atom. The average molecular weight is 345 g/mol. The van der Waals surface area contributed by atoms with Gasteiger partial charge >= 0.3 is 5.97 Å². The number of esters is 1. The topological polar surface area (TPSA) is 69.7 Å². The van der Waals surface area contributed by atoms with Gasteiger partial charge in [-0.1, -0.05) is 11.6 Å². The van der Waals surface area contributed by atoms with Crippen LogP contribution in [0.15, 0.2) is 17.0 Å². The van der Waals surface area contributed by atoms with E-state index in [1.54, 1.807) is 6.92 Å². The zero-order chi connectivity index (χ0) is 15.3. The van der Waals surface area contributed by atoms with Crippen LogP contribution in [0, 0.1) is 5.82 Å². The van der Waals surface area contributed by atoms with Crippen LogP contribution in [0.5, 0.6) is 0 Å². The fraction of sp³-hybridized carbons (Fsp3) is 0.364. The lowest BCUT2D eigenvalue weighted by molar-refractivity contribution is 0.0335. The first-order valence-corrected chi connectivity index (χ1v) is 8.14. The van der Waals surface area contributed by atoms with Crippen LogP contribution in [0.1, 0.15) is 17.3 Å². The van der Waals surface area contributed by atoms with Gasteiger partial charge in [-0.2, -0.15) is 0 Å². The smallest absolute Gasteiger partial charge is 0.339 e. The van der Waals surface area contributed by atoms with Gasteiger partial charge in [-0.15, -0.1) is 0 Å². The summed E-state index contributed by atoms with van der Waals surface area (Å²) in [6, 6.07) is 1.43. The Labute approximate surface area is 125 Å². The van der Waals surface area contributed by atoms with Gasteiger partial charge in [0.2, 0.25) is 0 Å². The number of benzene rings is 1. The van der Waals surface area contributed by atoms with E-state index in [0.29, 0.717) is 12.7 Å². The van der Waals surface area contributed by atoms with Gasteiger partial charge < -0.3 is 9.47 Å². The SMILES string of the molecule is CCOCCOC(=O)c1cc(S(=O)(=O)Cl)c(F)cc1Cl. The Bertz CT molecular complexity index is 603. The minimum absolute atomic E-state index is 0.0384. The van der Waals surface area contributed by atoms with Crippen molar-refractivity contribution in [3.8, 4) is 0 Å². The van der Waals surface area contributed by atoms with Gasteiger partial charge in [0.15, 0.2) is 0 Å². The molecule has 0 spiro atoms. The summed E-state index contributed by atoms with van der Waals surface area (Å²) in [6.07, 6.45) is 0. The summed E-state index contributed by atoms with van der Waals surface area (Å²) in [7, 11) is 0.726. The highest BCUT2D eigenvalue weighted by Crippen LogP contribution is 2.26. The fourth-order valence-electron chi connectivity index (χ4n) is 1.29. The molecule has 5 nitrogen and oxygen atoms in total. The van der Waals surface area contributed by atoms with Crippen LogP contribution in [0.2, 0.25) is 5.02 Å². The number of hydrogen-bond donors (Lipinski definition) is 0. The molecule has 112 valence electrons. The minimum atomic E-state index is -4.33. The van der Waals surface area contributed by atoms with E-state index in [9.17, 15) is 17.6 Å². The van der Waals surface area contributed by atoms with Crippen molar-refractivity contribution in [3.05, 3.63) is 28.5 Å². The molecule has 0 aliphatic heterocycles. The normalized spacial score (nSPS) is 11.4. The minimum Gasteiger partial charge on any atom is -0.460 e. The van der Waals surface area contributed by atoms with Gasteiger partial charge in [0.1, 0.15) is 17.3 Å². The molecule has 0 unspecified atom stereocenters. The van der Waals surface area contributed by atoms with Crippen molar-refractivity contribution < 1.29 is 27.1 Å². The molecule has 0 bridgehead atoms. The quantitative estimate of drug-likeness (QED) is 0.450. The van der Waals surface area contributed by atoms with Crippen molar-refractivity contribution in [2.45, 2.75) is 11.8 Å². The van der Waals surface area contributed by atoms with Crippen molar-refractivity contribution in [2.24, 2.45) is 0 Å². The van der Waals surface area contributed by atoms with E-state index >= 15 is 0 Å². The Balaban J connectivity index is 2.98. The van der Waals surface area contributed by atoms with E-state index in [0.717, 1.165) is 6.07 Å². The molecule has 1 aromatic rings. The van der Waals surface area contributed by atoms with E-state index in [1.165, 1.54) is 0 Å². The Morgan fingerprint density at radius 3 is 2.55 bits per heavy atom. The molecule has 0 saturated carbocycles. The van der Waals surface area contributed by atoms with Crippen molar-refractivity contribution in [3.63, 3.8) is 0 Å². The molecule has 0 N–H and O–H groups in total. The summed E-state index contributed by atoms with van der Waals surface area (Å²) < 4.78 is 45.5. The zero-order valence-corrected chi connectivity index (χ0v) is 12.7. The van der Waals surface area contributed by atoms with Crippen LogP contribution in [-0.2, 0) is 18.5 Å². The van der Waals surface area contributed by atoms with Crippen LogP contribution < -0.4 is 0 Å². The summed E-state index contributed by atoms with van der Waals surface area (Å²) in [5.41, 5.74) is -0.288. The van der Waals surface area contributed by atoms with Gasteiger partial charge in [-0.3, -0.25) is 0 Å². The summed E-state index contributed by atoms with van der Waals surface area (Å²) in [4.78, 5) is 10.9. The van der Waals surface area contributed by atoms with Crippen molar-refractivity contribution in [1.82, 2.24) is 0 Å². The van der Waals surface area contributed by atoms with Crippen LogP contribution in [0.4, 0.5) is 4.39 Å². The molecule has 9 heteroatoms. The molecule has 1 aromatic carbocycles. The average Bonchev–Trinajstić information content (AvgIpc) is 2.32. The number of hydrogen-bond acceptors (Lipinski definition) is 5. The van der Waals surface area contributed by atoms with Crippen molar-refractivity contribution in [1.29, 1.82) is 0 Å². The monoisotopic (exact) mass is 344 g/mol. The summed E-state index contributed by atoms with van der Waals surface area (Å²) >= 11 is 5.68. The van der Waals surface area contributed by atoms with Gasteiger partial charge in [-0.25, -0.2) is 17.6 Å². The highest BCUT2D eigenvalue weighted by Gasteiger charge is 2.22. The number of rotatable bonds is 6. The zero-order valence-electron chi connectivity index (χ0n) is 10.4. The third kappa shape index (κ3) is 4.59. The third-order valence-electron chi connectivity index (χ3n) is 2.17. The molecule has 20 heavy (non-hydrogen) atoms. The van der Waals surface area contributed by atoms with Crippen LogP contribution in [0.25, 0.3) is 0 Å². The van der Waals surface area contributed by atoms with Gasteiger partial charge in [0, 0.05) is 17.3 Å². The van der Waals surface area contributed by atoms with Gasteiger partial charge in [-0.05, 0) is 19.1 Å². The number of carbonyl (C=O) groups excluding carboxylic acids is 1. The molecule has 0 aliphatic rings. The first-order chi connectivity index (χ1) is 9.27. The molecule has 0 saturated heterocycles. The van der Waals surface area contributed by atoms with Crippen molar-refractivity contribution >= 4 is 37.3 Å². The lowest BCUT2D eigenvalue weighted by Crippen LogP contribution is -2.12. The largest absolute Gasteiger partial charge is 0.460 e. The molecule has 1 rings (SSSR count). The highest BCUT2D eigenvalue weighted by molar-refractivity contribution is 8.13. The van der Waals surface area contributed by atoms with E-state index < -0.39 is 25.7 Å². The molecule has 0 aliphatic carbocycles. The number of carbonyl (C=O) groups is 1. The van der Waals surface area contributed by atoms with E-state index in [1.807, 2.05) is 0 Å². The van der Waals surface area contributed by atoms with Crippen LogP contribution in [0.3, 0.4) is 0 Å². The van der Waals surface area contributed by atoms with Crippen LogP contribution in [-0.4, -0.2) is 34.2 Å². The molecule has 0 aromatic heterocycles. The lowest BCUT2D eigenvalue weighted by Gasteiger charge is -2.08. The molecule has 0 fully saturated rings. The highest BCUT2D eigenvalue weighted by atomic mass is 35.7. The second-order valence-electron chi connectivity index (χ2n) is 3.53. The number of halogens is 3. The molecule has 0 amide bonds. The molecular formula is C11H11Cl2FO5S. The van der Waals surface area contributed by atoms with Crippen LogP contribution >= 0.6 is 22.3 Å². The maximum atomic E-state index is 13.4. The fourth-order valence-corrected chi connectivity index (χ4v) is 2.42. The molecule has 0 radical (unpaired) electrons. The van der Waals surface area contributed by atoms with Gasteiger partial charge in [0.05, 0.1) is 17.2 Å². The standard InChI is InChI=1S/C11H11Cl2FO5S/c1-2-18-3-4-19-11(15)7-5-10(20(13,16)17)9(14)6-8(7)12/h5-6H,2-4H2,1H3. The van der Waals surface area contributed by atoms with E-state index in [4.69, 9.17) is 31.8 Å². The van der Waals surface area contributed by atoms with E-state index in [2.05, 4.69) is 0 Å². The second kappa shape index (κ2) is 7.21. The third-order valence-corrected chi connectivity index (χ3v) is 3.82.